The zero-order chi connectivity index (χ0) is 19.1. The maximum atomic E-state index is 12.6. The molecule has 0 aliphatic carbocycles. The van der Waals surface area contributed by atoms with Crippen LogP contribution in [-0.2, 0) is 7.05 Å². The Morgan fingerprint density at radius 1 is 1.00 bits per heavy atom. The number of hydrogen-bond donors (Lipinski definition) is 1. The van der Waals surface area contributed by atoms with E-state index < -0.39 is 0 Å². The van der Waals surface area contributed by atoms with E-state index in [-0.39, 0.29) is 5.91 Å². The van der Waals surface area contributed by atoms with E-state index in [1.807, 2.05) is 31.4 Å². The minimum atomic E-state index is -0.224. The molecular formula is C20H14N6OS. The summed E-state index contributed by atoms with van der Waals surface area (Å²) in [5, 5.41) is 7.94. The predicted octanol–water partition coefficient (Wildman–Crippen LogP) is 3.89. The first-order chi connectivity index (χ1) is 13.7. The summed E-state index contributed by atoms with van der Waals surface area (Å²) in [6.07, 6.45) is 7.17. The molecule has 5 rings (SSSR count). The number of amides is 1. The molecule has 0 bridgehead atoms. The number of nitrogens with zero attached hydrogens (tertiary/aromatic N) is 5. The lowest BCUT2D eigenvalue weighted by Crippen LogP contribution is -2.12. The normalized spacial score (nSPS) is 11.2. The van der Waals surface area contributed by atoms with E-state index in [9.17, 15) is 4.79 Å². The Morgan fingerprint density at radius 3 is 2.79 bits per heavy atom. The van der Waals surface area contributed by atoms with Crippen LogP contribution in [0.3, 0.4) is 0 Å². The van der Waals surface area contributed by atoms with E-state index >= 15 is 0 Å². The number of nitrogens with one attached hydrogen (secondary N) is 1. The van der Waals surface area contributed by atoms with Crippen LogP contribution < -0.4 is 5.32 Å². The number of hydrogen-bond acceptors (Lipinski definition) is 6. The van der Waals surface area contributed by atoms with E-state index in [1.54, 1.807) is 52.3 Å². The summed E-state index contributed by atoms with van der Waals surface area (Å²) in [4.78, 5) is 25.6. The van der Waals surface area contributed by atoms with Gasteiger partial charge in [-0.3, -0.25) is 14.5 Å². The van der Waals surface area contributed by atoms with Crippen LogP contribution in [0.5, 0.6) is 0 Å². The molecular weight excluding hydrogens is 372 g/mol. The van der Waals surface area contributed by atoms with Gasteiger partial charge in [-0.15, -0.1) is 11.3 Å². The second kappa shape index (κ2) is 6.50. The summed E-state index contributed by atoms with van der Waals surface area (Å²) in [6, 6.07) is 9.31. The van der Waals surface area contributed by atoms with E-state index in [2.05, 4.69) is 25.4 Å². The highest BCUT2D eigenvalue weighted by molar-refractivity contribution is 7.16. The zero-order valence-corrected chi connectivity index (χ0v) is 15.6. The van der Waals surface area contributed by atoms with Gasteiger partial charge in [0.1, 0.15) is 5.82 Å². The molecule has 4 aromatic heterocycles. The summed E-state index contributed by atoms with van der Waals surface area (Å²) in [5.41, 5.74) is 5.82. The number of carbonyl (C=O) groups excluding carboxylic acids is 1. The van der Waals surface area contributed by atoms with Crippen molar-refractivity contribution in [3.63, 3.8) is 0 Å². The second-order valence-electron chi connectivity index (χ2n) is 6.38. The SMILES string of the molecule is Cn1cc(-c2cnc3cnc(NC(=O)c4ccc5scnc5c4)cc3c2)cn1. The molecule has 1 aromatic carbocycles. The molecule has 0 atom stereocenters. The fourth-order valence-electron chi connectivity index (χ4n) is 3.02. The van der Waals surface area contributed by atoms with Crippen LogP contribution >= 0.6 is 11.3 Å². The molecule has 1 amide bonds. The molecule has 5 aromatic rings. The van der Waals surface area contributed by atoms with Gasteiger partial charge in [-0.05, 0) is 30.3 Å². The molecule has 28 heavy (non-hydrogen) atoms. The number of carbonyl (C=O) groups is 1. The molecule has 0 radical (unpaired) electrons. The fraction of sp³-hybridized carbons (Fsp3) is 0.0500. The van der Waals surface area contributed by atoms with Gasteiger partial charge in [-0.2, -0.15) is 5.10 Å². The predicted molar refractivity (Wildman–Crippen MR) is 109 cm³/mol. The van der Waals surface area contributed by atoms with Crippen LogP contribution in [0.25, 0.3) is 32.2 Å². The number of aryl methyl sites for hydroxylation is 1. The van der Waals surface area contributed by atoms with Gasteiger partial charge in [-0.25, -0.2) is 9.97 Å². The molecule has 0 fully saturated rings. The van der Waals surface area contributed by atoms with Gasteiger partial charge < -0.3 is 5.32 Å². The molecule has 0 saturated carbocycles. The Balaban J connectivity index is 1.45. The smallest absolute Gasteiger partial charge is 0.256 e. The van der Waals surface area contributed by atoms with Gasteiger partial charge in [0.25, 0.3) is 5.91 Å². The minimum absolute atomic E-state index is 0.224. The topological polar surface area (TPSA) is 85.6 Å². The second-order valence-corrected chi connectivity index (χ2v) is 7.26. The third-order valence-electron chi connectivity index (χ3n) is 4.44. The molecule has 136 valence electrons. The van der Waals surface area contributed by atoms with Crippen LogP contribution in [0, 0.1) is 0 Å². The van der Waals surface area contributed by atoms with Crippen molar-refractivity contribution < 1.29 is 4.79 Å². The largest absolute Gasteiger partial charge is 0.307 e. The zero-order valence-electron chi connectivity index (χ0n) is 14.8. The number of fused-ring (bicyclic) bond motifs is 2. The van der Waals surface area contributed by atoms with Gasteiger partial charge in [0.15, 0.2) is 0 Å². The molecule has 8 heteroatoms. The average Bonchev–Trinajstić information content (AvgIpc) is 3.35. The van der Waals surface area contributed by atoms with Crippen molar-refractivity contribution in [2.24, 2.45) is 7.05 Å². The molecule has 0 aliphatic heterocycles. The van der Waals surface area contributed by atoms with Crippen LogP contribution in [0.2, 0.25) is 0 Å². The number of anilines is 1. The third kappa shape index (κ3) is 2.99. The highest BCUT2D eigenvalue weighted by atomic mass is 32.1. The third-order valence-corrected chi connectivity index (χ3v) is 5.25. The Labute approximate surface area is 163 Å². The van der Waals surface area contributed by atoms with E-state index in [4.69, 9.17) is 0 Å². The van der Waals surface area contributed by atoms with Gasteiger partial charge in [-0.1, -0.05) is 0 Å². The fourth-order valence-corrected chi connectivity index (χ4v) is 3.67. The molecule has 0 spiro atoms. The maximum absolute atomic E-state index is 12.6. The lowest BCUT2D eigenvalue weighted by atomic mass is 10.1. The van der Waals surface area contributed by atoms with E-state index in [1.165, 1.54) is 0 Å². The van der Waals surface area contributed by atoms with Crippen molar-refractivity contribution in [3.8, 4) is 11.1 Å². The van der Waals surface area contributed by atoms with Gasteiger partial charge in [0.05, 0.1) is 33.6 Å². The number of pyridine rings is 2. The first kappa shape index (κ1) is 16.5. The molecule has 4 heterocycles. The van der Waals surface area contributed by atoms with E-state index in [0.717, 1.165) is 32.2 Å². The lowest BCUT2D eigenvalue weighted by molar-refractivity contribution is 0.102. The quantitative estimate of drug-likeness (QED) is 0.508. The Bertz CT molecular complexity index is 1340. The molecule has 0 saturated heterocycles. The van der Waals surface area contributed by atoms with Crippen molar-refractivity contribution in [2.75, 3.05) is 5.32 Å². The summed E-state index contributed by atoms with van der Waals surface area (Å²) in [6.45, 7) is 0. The number of thiazole rings is 1. The minimum Gasteiger partial charge on any atom is -0.307 e. The standard InChI is InChI=1S/C20H14N6OS/c1-26-10-15(8-24-26)14-4-13-6-19(22-9-17(13)21-7-14)25-20(27)12-2-3-18-16(5-12)23-11-28-18/h2-11H,1H3,(H,22,25,27). The van der Waals surface area contributed by atoms with Crippen LogP contribution in [0.15, 0.2) is 60.6 Å². The van der Waals surface area contributed by atoms with Crippen LogP contribution in [-0.4, -0.2) is 30.6 Å². The van der Waals surface area contributed by atoms with Crippen molar-refractivity contribution in [1.82, 2.24) is 24.7 Å². The average molecular weight is 386 g/mol. The summed E-state index contributed by atoms with van der Waals surface area (Å²) >= 11 is 1.55. The molecule has 0 aliphatic rings. The molecule has 7 nitrogen and oxygen atoms in total. The number of rotatable bonds is 3. The van der Waals surface area contributed by atoms with Crippen molar-refractivity contribution in [1.29, 1.82) is 0 Å². The van der Waals surface area contributed by atoms with Gasteiger partial charge in [0, 0.05) is 41.5 Å². The number of benzene rings is 1. The van der Waals surface area contributed by atoms with E-state index in [0.29, 0.717) is 11.4 Å². The molecule has 0 unspecified atom stereocenters. The van der Waals surface area contributed by atoms with Crippen molar-refractivity contribution in [2.45, 2.75) is 0 Å². The first-order valence-corrected chi connectivity index (χ1v) is 9.43. The van der Waals surface area contributed by atoms with Gasteiger partial charge >= 0.3 is 0 Å². The maximum Gasteiger partial charge on any atom is 0.256 e. The van der Waals surface area contributed by atoms with Crippen molar-refractivity contribution in [3.05, 3.63) is 66.2 Å². The van der Waals surface area contributed by atoms with Crippen molar-refractivity contribution >= 4 is 44.2 Å². The molecule has 1 N–H and O–H groups in total. The summed E-state index contributed by atoms with van der Waals surface area (Å²) in [7, 11) is 1.87. The Hall–Kier alpha value is -3.65. The highest BCUT2D eigenvalue weighted by Gasteiger charge is 2.10. The summed E-state index contributed by atoms with van der Waals surface area (Å²) in [5.74, 6) is 0.249. The monoisotopic (exact) mass is 386 g/mol. The lowest BCUT2D eigenvalue weighted by Gasteiger charge is -2.06. The van der Waals surface area contributed by atoms with Crippen LogP contribution in [0.4, 0.5) is 5.82 Å². The highest BCUT2D eigenvalue weighted by Crippen LogP contribution is 2.24. The Morgan fingerprint density at radius 2 is 1.93 bits per heavy atom. The van der Waals surface area contributed by atoms with Crippen LogP contribution in [0.1, 0.15) is 10.4 Å². The number of aromatic nitrogens is 5. The first-order valence-electron chi connectivity index (χ1n) is 8.55. The summed E-state index contributed by atoms with van der Waals surface area (Å²) < 4.78 is 2.80. The van der Waals surface area contributed by atoms with Gasteiger partial charge in [0.2, 0.25) is 0 Å². The Kier molecular flexibility index (Phi) is 3.84.